The van der Waals surface area contributed by atoms with E-state index in [1.165, 1.54) is 43.2 Å². The molecule has 32 heavy (non-hydrogen) atoms. The van der Waals surface area contributed by atoms with E-state index in [4.69, 9.17) is 14.2 Å². The molecule has 176 valence electrons. The summed E-state index contributed by atoms with van der Waals surface area (Å²) < 4.78 is 17.4. The third-order valence-electron chi connectivity index (χ3n) is 10.4. The molecule has 0 bridgehead atoms. The van der Waals surface area contributed by atoms with Crippen molar-refractivity contribution in [1.29, 1.82) is 0 Å². The zero-order valence-corrected chi connectivity index (χ0v) is 20.7. The lowest BCUT2D eigenvalue weighted by Gasteiger charge is -2.50. The number of carbonyl (C=O) groups is 1. The Bertz CT molecular complexity index is 899. The first kappa shape index (κ1) is 22.3. The highest BCUT2D eigenvalue weighted by atomic mass is 16.5. The Balaban J connectivity index is 1.56. The third kappa shape index (κ3) is 2.80. The first-order chi connectivity index (χ1) is 15.3. The molecule has 4 aliphatic rings. The van der Waals surface area contributed by atoms with Gasteiger partial charge in [-0.2, -0.15) is 0 Å². The van der Waals surface area contributed by atoms with Gasteiger partial charge in [-0.1, -0.05) is 26.8 Å². The molecule has 5 rings (SSSR count). The lowest BCUT2D eigenvalue weighted by molar-refractivity contribution is -0.147. The van der Waals surface area contributed by atoms with Crippen LogP contribution in [-0.4, -0.2) is 32.9 Å². The number of aryl methyl sites for hydroxylation is 1. The maximum atomic E-state index is 13.2. The highest BCUT2D eigenvalue weighted by molar-refractivity contribution is 5.89. The van der Waals surface area contributed by atoms with E-state index in [0.717, 1.165) is 29.6 Å². The van der Waals surface area contributed by atoms with Crippen molar-refractivity contribution in [2.45, 2.75) is 83.7 Å². The second kappa shape index (κ2) is 7.75. The summed E-state index contributed by atoms with van der Waals surface area (Å²) in [5.41, 5.74) is 3.72. The third-order valence-corrected chi connectivity index (χ3v) is 10.4. The second-order valence-electron chi connectivity index (χ2n) is 11.2. The Labute approximate surface area is 193 Å². The molecular formula is C28H40O4. The molecule has 0 radical (unpaired) electrons. The first-order valence-corrected chi connectivity index (χ1v) is 12.8. The molecule has 0 aromatic heterocycles. The Kier molecular flexibility index (Phi) is 5.39. The van der Waals surface area contributed by atoms with Crippen molar-refractivity contribution in [3.63, 3.8) is 0 Å². The predicted octanol–water partition coefficient (Wildman–Crippen LogP) is 5.65. The maximum Gasteiger partial charge on any atom is 0.317 e. The van der Waals surface area contributed by atoms with Gasteiger partial charge in [0.25, 0.3) is 0 Å². The lowest BCUT2D eigenvalue weighted by atomic mass is 9.55. The van der Waals surface area contributed by atoms with Crippen LogP contribution in [0.1, 0.15) is 82.4 Å². The van der Waals surface area contributed by atoms with Crippen LogP contribution in [0.15, 0.2) is 12.1 Å². The van der Waals surface area contributed by atoms with Gasteiger partial charge in [-0.3, -0.25) is 4.79 Å². The summed E-state index contributed by atoms with van der Waals surface area (Å²) >= 11 is 0. The second-order valence-corrected chi connectivity index (χ2v) is 11.2. The molecule has 3 fully saturated rings. The Hall–Kier alpha value is -1.55. The van der Waals surface area contributed by atoms with Gasteiger partial charge in [-0.25, -0.2) is 0 Å². The van der Waals surface area contributed by atoms with Crippen molar-refractivity contribution in [3.05, 3.63) is 28.8 Å². The number of hydrogen-bond acceptors (Lipinski definition) is 4. The van der Waals surface area contributed by atoms with Crippen molar-refractivity contribution in [3.8, 4) is 5.75 Å². The first-order valence-electron chi connectivity index (χ1n) is 12.8. The quantitative estimate of drug-likeness (QED) is 0.555. The molecule has 4 aliphatic carbocycles. The molecule has 0 aliphatic heterocycles. The van der Waals surface area contributed by atoms with Crippen LogP contribution in [-0.2, 0) is 26.1 Å². The largest absolute Gasteiger partial charge is 0.496 e. The summed E-state index contributed by atoms with van der Waals surface area (Å²) in [6.45, 7) is 9.15. The number of carbonyl (C=O) groups excluding carboxylic acids is 1. The number of ether oxygens (including phenoxy) is 3. The minimum absolute atomic E-state index is 0.0828. The fourth-order valence-electron chi connectivity index (χ4n) is 8.43. The zero-order valence-electron chi connectivity index (χ0n) is 20.7. The van der Waals surface area contributed by atoms with Crippen LogP contribution in [0, 0.1) is 29.1 Å². The van der Waals surface area contributed by atoms with E-state index in [1.54, 1.807) is 7.11 Å². The van der Waals surface area contributed by atoms with Crippen LogP contribution in [0.4, 0.5) is 0 Å². The van der Waals surface area contributed by atoms with E-state index in [0.29, 0.717) is 24.0 Å². The zero-order chi connectivity index (χ0) is 22.8. The highest BCUT2D eigenvalue weighted by Crippen LogP contribution is 2.65. The van der Waals surface area contributed by atoms with Crippen molar-refractivity contribution in [2.75, 3.05) is 20.8 Å². The molecule has 0 amide bonds. The number of esters is 1. The van der Waals surface area contributed by atoms with Gasteiger partial charge < -0.3 is 14.2 Å². The normalized spacial score (nSPS) is 41.9. The molecule has 0 saturated heterocycles. The van der Waals surface area contributed by atoms with Crippen LogP contribution in [0.25, 0.3) is 0 Å². The molecule has 4 nitrogen and oxygen atoms in total. The van der Waals surface area contributed by atoms with Gasteiger partial charge in [0.15, 0.2) is 0 Å². The van der Waals surface area contributed by atoms with E-state index in [1.807, 2.05) is 14.0 Å². The van der Waals surface area contributed by atoms with Crippen molar-refractivity contribution < 1.29 is 19.0 Å². The molecule has 3 saturated carbocycles. The average Bonchev–Trinajstić information content (AvgIpc) is 3.16. The van der Waals surface area contributed by atoms with E-state index < -0.39 is 5.41 Å². The van der Waals surface area contributed by atoms with Gasteiger partial charge in [-0.15, -0.1) is 0 Å². The van der Waals surface area contributed by atoms with Gasteiger partial charge >= 0.3 is 5.97 Å². The number of hydrogen-bond donors (Lipinski definition) is 0. The fourth-order valence-corrected chi connectivity index (χ4v) is 8.43. The van der Waals surface area contributed by atoms with Crippen molar-refractivity contribution in [2.24, 2.45) is 29.1 Å². The average molecular weight is 441 g/mol. The Morgan fingerprint density at radius 1 is 1.09 bits per heavy atom. The van der Waals surface area contributed by atoms with E-state index in [2.05, 4.69) is 32.9 Å². The molecule has 4 heteroatoms. The maximum absolute atomic E-state index is 13.2. The van der Waals surface area contributed by atoms with E-state index in [9.17, 15) is 4.79 Å². The van der Waals surface area contributed by atoms with Gasteiger partial charge in [0.05, 0.1) is 19.8 Å². The van der Waals surface area contributed by atoms with Gasteiger partial charge in [-0.05, 0) is 97.6 Å². The molecule has 0 N–H and O–H groups in total. The fraction of sp³-hybridized carbons (Fsp3) is 0.750. The molecule has 1 aromatic rings. The van der Waals surface area contributed by atoms with Crippen molar-refractivity contribution in [1.82, 2.24) is 0 Å². The summed E-state index contributed by atoms with van der Waals surface area (Å²) in [5.74, 6) is 3.35. The standard InChI is InChI=1S/C28H40O4/c1-7-32-26(29)28(16(2)17(28)3)23-15-21-18(14-24(23)30-5)8-9-20-19(21)12-13-27(4)22(20)10-11-25(27)31-6/h14-17,19-20,22,25H,7-13H2,1-6H3/t16?,17?,19-,20+,22-,25-,27-,28?/m0/s1. The molecule has 2 unspecified atom stereocenters. The van der Waals surface area contributed by atoms with Gasteiger partial charge in [0.2, 0.25) is 0 Å². The lowest BCUT2D eigenvalue weighted by Crippen LogP contribution is -2.44. The van der Waals surface area contributed by atoms with Crippen LogP contribution in [0.2, 0.25) is 0 Å². The SMILES string of the molecule is CCOC(=O)C1(c2cc3c(cc2OC)CC[C@@H]2[C@@H]3CC[C@]3(C)[C@@H](OC)CC[C@@H]23)C(C)C1C. The topological polar surface area (TPSA) is 44.8 Å². The Morgan fingerprint density at radius 3 is 2.47 bits per heavy atom. The summed E-state index contributed by atoms with van der Waals surface area (Å²) in [5, 5.41) is 0. The minimum Gasteiger partial charge on any atom is -0.496 e. The summed E-state index contributed by atoms with van der Waals surface area (Å²) in [4.78, 5) is 13.2. The molecule has 7 atom stereocenters. The monoisotopic (exact) mass is 440 g/mol. The van der Waals surface area contributed by atoms with Crippen LogP contribution in [0.5, 0.6) is 5.75 Å². The number of methoxy groups -OCH3 is 2. The van der Waals surface area contributed by atoms with Crippen LogP contribution >= 0.6 is 0 Å². The van der Waals surface area contributed by atoms with Crippen molar-refractivity contribution >= 4 is 5.97 Å². The van der Waals surface area contributed by atoms with Gasteiger partial charge in [0.1, 0.15) is 11.2 Å². The summed E-state index contributed by atoms with van der Waals surface area (Å²) in [6.07, 6.45) is 7.70. The van der Waals surface area contributed by atoms with Crippen LogP contribution in [0.3, 0.4) is 0 Å². The minimum atomic E-state index is -0.568. The van der Waals surface area contributed by atoms with Crippen LogP contribution < -0.4 is 4.74 Å². The summed E-state index contributed by atoms with van der Waals surface area (Å²) in [7, 11) is 3.63. The van der Waals surface area contributed by atoms with E-state index in [-0.39, 0.29) is 17.8 Å². The smallest absolute Gasteiger partial charge is 0.317 e. The molecule has 1 aromatic carbocycles. The molecule has 0 spiro atoms. The highest BCUT2D eigenvalue weighted by Gasteiger charge is 2.68. The van der Waals surface area contributed by atoms with E-state index >= 15 is 0 Å². The number of rotatable bonds is 5. The number of fused-ring (bicyclic) bond motifs is 5. The predicted molar refractivity (Wildman–Crippen MR) is 125 cm³/mol. The number of benzene rings is 1. The molecular weight excluding hydrogens is 400 g/mol. The summed E-state index contributed by atoms with van der Waals surface area (Å²) in [6, 6.07) is 4.62. The van der Waals surface area contributed by atoms with Gasteiger partial charge in [0, 0.05) is 12.7 Å². The Morgan fingerprint density at radius 2 is 1.84 bits per heavy atom. The molecule has 0 heterocycles.